The Kier molecular flexibility index (Phi) is 2.10. The van der Waals surface area contributed by atoms with Gasteiger partial charge in [0.1, 0.15) is 16.5 Å². The standard InChI is InChI=1S/C8H10N2OS/c12-8-2-1-6(5-10-8)11-7-3-9-4-7/h1-2,5,7,9H,3-4H2,(H,10,12). The highest BCUT2D eigenvalue weighted by Crippen LogP contribution is 2.11. The van der Waals surface area contributed by atoms with Crippen molar-refractivity contribution in [3.63, 3.8) is 0 Å². The number of aromatic nitrogens is 1. The highest BCUT2D eigenvalue weighted by atomic mass is 32.1. The molecular weight excluding hydrogens is 172 g/mol. The van der Waals surface area contributed by atoms with E-state index in [1.165, 1.54) is 0 Å². The van der Waals surface area contributed by atoms with Crippen molar-refractivity contribution in [3.8, 4) is 5.75 Å². The van der Waals surface area contributed by atoms with E-state index >= 15 is 0 Å². The van der Waals surface area contributed by atoms with E-state index in [0.717, 1.165) is 23.5 Å². The van der Waals surface area contributed by atoms with Crippen LogP contribution in [-0.2, 0) is 0 Å². The fourth-order valence-electron chi connectivity index (χ4n) is 1.01. The summed E-state index contributed by atoms with van der Waals surface area (Å²) in [6.45, 7) is 1.88. The third kappa shape index (κ3) is 1.65. The molecule has 0 unspecified atom stereocenters. The Labute approximate surface area is 75.8 Å². The molecule has 4 heteroatoms. The maximum absolute atomic E-state index is 5.57. The first kappa shape index (κ1) is 7.76. The summed E-state index contributed by atoms with van der Waals surface area (Å²) in [5.41, 5.74) is 0. The Morgan fingerprint density at radius 2 is 2.25 bits per heavy atom. The highest BCUT2D eigenvalue weighted by Gasteiger charge is 2.17. The predicted octanol–water partition coefficient (Wildman–Crippen LogP) is 1.09. The number of hydrogen-bond acceptors (Lipinski definition) is 3. The predicted molar refractivity (Wildman–Crippen MR) is 48.9 cm³/mol. The molecular formula is C8H10N2OS. The molecule has 3 nitrogen and oxygen atoms in total. The van der Waals surface area contributed by atoms with E-state index in [1.807, 2.05) is 12.1 Å². The van der Waals surface area contributed by atoms with Gasteiger partial charge in [0.25, 0.3) is 0 Å². The molecule has 1 aromatic rings. The van der Waals surface area contributed by atoms with Crippen molar-refractivity contribution in [1.82, 2.24) is 10.3 Å². The molecule has 1 aliphatic heterocycles. The minimum Gasteiger partial charge on any atom is -0.486 e. The van der Waals surface area contributed by atoms with Gasteiger partial charge >= 0.3 is 0 Å². The second kappa shape index (κ2) is 3.25. The smallest absolute Gasteiger partial charge is 0.135 e. The van der Waals surface area contributed by atoms with Gasteiger partial charge in [0.05, 0.1) is 0 Å². The van der Waals surface area contributed by atoms with E-state index in [2.05, 4.69) is 10.3 Å². The van der Waals surface area contributed by atoms with E-state index in [0.29, 0.717) is 6.10 Å². The molecule has 0 bridgehead atoms. The normalized spacial score (nSPS) is 17.0. The van der Waals surface area contributed by atoms with Crippen molar-refractivity contribution in [3.05, 3.63) is 23.0 Å². The lowest BCUT2D eigenvalue weighted by atomic mass is 10.2. The molecule has 1 saturated heterocycles. The number of ether oxygens (including phenoxy) is 1. The zero-order chi connectivity index (χ0) is 8.39. The Bertz CT molecular complexity index is 299. The fourth-order valence-corrected chi connectivity index (χ4v) is 1.13. The Morgan fingerprint density at radius 3 is 2.75 bits per heavy atom. The molecule has 2 N–H and O–H groups in total. The summed E-state index contributed by atoms with van der Waals surface area (Å²) in [6.07, 6.45) is 2.12. The second-order valence-corrected chi connectivity index (χ2v) is 3.23. The van der Waals surface area contributed by atoms with Gasteiger partial charge in [0.2, 0.25) is 0 Å². The monoisotopic (exact) mass is 182 g/mol. The molecule has 1 aromatic heterocycles. The van der Waals surface area contributed by atoms with Gasteiger partial charge in [-0.3, -0.25) is 0 Å². The molecule has 12 heavy (non-hydrogen) atoms. The van der Waals surface area contributed by atoms with Gasteiger partial charge in [-0.2, -0.15) is 0 Å². The SMILES string of the molecule is S=c1ccc(OC2CNC2)c[nH]1. The summed E-state index contributed by atoms with van der Waals surface area (Å²) in [4.78, 5) is 2.92. The molecule has 64 valence electrons. The van der Waals surface area contributed by atoms with Crippen LogP contribution in [0.1, 0.15) is 0 Å². The summed E-state index contributed by atoms with van der Waals surface area (Å²) < 4.78 is 6.30. The molecule has 2 heterocycles. The Hall–Kier alpha value is -0.870. The average molecular weight is 182 g/mol. The van der Waals surface area contributed by atoms with Gasteiger partial charge in [-0.1, -0.05) is 12.2 Å². The first-order valence-corrected chi connectivity index (χ1v) is 4.31. The quantitative estimate of drug-likeness (QED) is 0.672. The first-order chi connectivity index (χ1) is 5.84. The Balaban J connectivity index is 2.03. The average Bonchev–Trinajstić information content (AvgIpc) is 2.00. The maximum Gasteiger partial charge on any atom is 0.135 e. The van der Waals surface area contributed by atoms with Crippen LogP contribution in [-0.4, -0.2) is 24.2 Å². The molecule has 0 aromatic carbocycles. The van der Waals surface area contributed by atoms with Crippen LogP contribution in [0.3, 0.4) is 0 Å². The lowest BCUT2D eigenvalue weighted by molar-refractivity contribution is 0.141. The van der Waals surface area contributed by atoms with E-state index in [-0.39, 0.29) is 0 Å². The van der Waals surface area contributed by atoms with Crippen LogP contribution in [0.2, 0.25) is 0 Å². The van der Waals surface area contributed by atoms with Gasteiger partial charge in [-0.15, -0.1) is 0 Å². The highest BCUT2D eigenvalue weighted by molar-refractivity contribution is 7.71. The first-order valence-electron chi connectivity index (χ1n) is 3.91. The Morgan fingerprint density at radius 1 is 1.42 bits per heavy atom. The molecule has 0 spiro atoms. The second-order valence-electron chi connectivity index (χ2n) is 2.79. The lowest BCUT2D eigenvalue weighted by Gasteiger charge is -2.27. The van der Waals surface area contributed by atoms with E-state index in [4.69, 9.17) is 17.0 Å². The number of aromatic amines is 1. The van der Waals surface area contributed by atoms with Crippen molar-refractivity contribution in [2.24, 2.45) is 0 Å². The third-order valence-corrected chi connectivity index (χ3v) is 2.06. The number of H-pyrrole nitrogens is 1. The summed E-state index contributed by atoms with van der Waals surface area (Å²) in [5, 5.41) is 3.14. The van der Waals surface area contributed by atoms with Crippen LogP contribution >= 0.6 is 12.2 Å². The van der Waals surface area contributed by atoms with Crippen molar-refractivity contribution in [2.45, 2.75) is 6.10 Å². The van der Waals surface area contributed by atoms with E-state index < -0.39 is 0 Å². The van der Waals surface area contributed by atoms with Gasteiger partial charge in [-0.05, 0) is 12.1 Å². The zero-order valence-corrected chi connectivity index (χ0v) is 7.36. The summed E-state index contributed by atoms with van der Waals surface area (Å²) in [5.74, 6) is 0.857. The molecule has 0 amide bonds. The van der Waals surface area contributed by atoms with Crippen LogP contribution in [0.5, 0.6) is 5.75 Å². The molecule has 0 atom stereocenters. The molecule has 0 aliphatic carbocycles. The summed E-state index contributed by atoms with van der Waals surface area (Å²) in [7, 11) is 0. The number of nitrogens with one attached hydrogen (secondary N) is 2. The largest absolute Gasteiger partial charge is 0.486 e. The van der Waals surface area contributed by atoms with Crippen molar-refractivity contribution >= 4 is 12.2 Å². The van der Waals surface area contributed by atoms with Crippen LogP contribution in [0.4, 0.5) is 0 Å². The van der Waals surface area contributed by atoms with Crippen molar-refractivity contribution in [2.75, 3.05) is 13.1 Å². The van der Waals surface area contributed by atoms with Crippen molar-refractivity contribution in [1.29, 1.82) is 0 Å². The molecule has 1 aliphatic rings. The minimum absolute atomic E-state index is 0.328. The molecule has 2 rings (SSSR count). The van der Waals surface area contributed by atoms with Gasteiger partial charge < -0.3 is 15.0 Å². The summed E-state index contributed by atoms with van der Waals surface area (Å²) in [6, 6.07) is 3.72. The zero-order valence-electron chi connectivity index (χ0n) is 6.54. The van der Waals surface area contributed by atoms with Crippen LogP contribution in [0.25, 0.3) is 0 Å². The number of rotatable bonds is 2. The molecule has 0 saturated carbocycles. The van der Waals surface area contributed by atoms with E-state index in [9.17, 15) is 0 Å². The molecule has 1 fully saturated rings. The summed E-state index contributed by atoms with van der Waals surface area (Å²) >= 11 is 4.90. The van der Waals surface area contributed by atoms with Gasteiger partial charge in [0.15, 0.2) is 0 Å². The van der Waals surface area contributed by atoms with Crippen LogP contribution in [0, 0.1) is 4.64 Å². The lowest BCUT2D eigenvalue weighted by Crippen LogP contribution is -2.50. The van der Waals surface area contributed by atoms with Gasteiger partial charge in [0, 0.05) is 19.3 Å². The fraction of sp³-hybridized carbons (Fsp3) is 0.375. The van der Waals surface area contributed by atoms with Crippen LogP contribution < -0.4 is 10.1 Å². The van der Waals surface area contributed by atoms with Crippen LogP contribution in [0.15, 0.2) is 18.3 Å². The maximum atomic E-state index is 5.57. The topological polar surface area (TPSA) is 37.0 Å². The third-order valence-electron chi connectivity index (χ3n) is 1.80. The number of pyridine rings is 1. The minimum atomic E-state index is 0.328. The van der Waals surface area contributed by atoms with Crippen molar-refractivity contribution < 1.29 is 4.74 Å². The number of hydrogen-bond donors (Lipinski definition) is 2. The molecule has 0 radical (unpaired) electrons. The van der Waals surface area contributed by atoms with E-state index in [1.54, 1.807) is 6.20 Å². The van der Waals surface area contributed by atoms with Gasteiger partial charge in [-0.25, -0.2) is 0 Å².